The van der Waals surface area contributed by atoms with E-state index in [9.17, 15) is 9.59 Å². The summed E-state index contributed by atoms with van der Waals surface area (Å²) in [7, 11) is 3.09. The van der Waals surface area contributed by atoms with Crippen LogP contribution in [0.1, 0.15) is 25.8 Å². The molecule has 1 unspecified atom stereocenters. The fourth-order valence-electron chi connectivity index (χ4n) is 1.72. The Morgan fingerprint density at radius 1 is 1.26 bits per heavy atom. The number of methoxy groups -OCH3 is 2. The third-order valence-corrected chi connectivity index (χ3v) is 3.20. The summed E-state index contributed by atoms with van der Waals surface area (Å²) in [6.07, 6.45) is 3.63. The van der Waals surface area contributed by atoms with Crippen LogP contribution < -0.4 is 14.8 Å². The number of ether oxygens (including phenoxy) is 3. The predicted octanol–water partition coefficient (Wildman–Crippen LogP) is 2.17. The molecule has 23 heavy (non-hydrogen) atoms. The van der Waals surface area contributed by atoms with E-state index in [-0.39, 0.29) is 18.6 Å². The van der Waals surface area contributed by atoms with Gasteiger partial charge in [-0.1, -0.05) is 6.92 Å². The smallest absolute Gasteiger partial charge is 0.331 e. The summed E-state index contributed by atoms with van der Waals surface area (Å²) in [6, 6.07) is 5.29. The number of nitrogens with one attached hydrogen (secondary N) is 1. The quantitative estimate of drug-likeness (QED) is 0.587. The van der Waals surface area contributed by atoms with Crippen LogP contribution in [0.15, 0.2) is 24.3 Å². The summed E-state index contributed by atoms with van der Waals surface area (Å²) in [5, 5.41) is 2.72. The molecule has 0 aliphatic heterocycles. The number of carbonyl (C=O) groups excluding carboxylic acids is 2. The van der Waals surface area contributed by atoms with Crippen molar-refractivity contribution in [3.8, 4) is 11.5 Å². The topological polar surface area (TPSA) is 73.9 Å². The van der Waals surface area contributed by atoms with E-state index in [4.69, 9.17) is 14.2 Å². The number of amides is 1. The molecule has 0 radical (unpaired) electrons. The van der Waals surface area contributed by atoms with Gasteiger partial charge >= 0.3 is 5.97 Å². The van der Waals surface area contributed by atoms with Gasteiger partial charge in [-0.2, -0.15) is 0 Å². The lowest BCUT2D eigenvalue weighted by Gasteiger charge is -2.10. The Morgan fingerprint density at radius 3 is 2.61 bits per heavy atom. The standard InChI is InChI=1S/C17H23NO5/c1-5-12(2)18-16(19)11-23-17(20)9-7-13-6-8-14(21-3)10-15(13)22-4/h6-10,12H,5,11H2,1-4H3,(H,18,19)/b9-7+. The van der Waals surface area contributed by atoms with E-state index >= 15 is 0 Å². The Bertz CT molecular complexity index is 568. The number of benzene rings is 1. The monoisotopic (exact) mass is 321 g/mol. The molecule has 0 bridgehead atoms. The Hall–Kier alpha value is -2.50. The number of carbonyl (C=O) groups is 2. The van der Waals surface area contributed by atoms with Crippen molar-refractivity contribution < 1.29 is 23.8 Å². The number of rotatable bonds is 8. The molecule has 0 spiro atoms. The molecule has 0 heterocycles. The largest absolute Gasteiger partial charge is 0.497 e. The maximum Gasteiger partial charge on any atom is 0.331 e. The number of esters is 1. The van der Waals surface area contributed by atoms with Gasteiger partial charge in [0.2, 0.25) is 0 Å². The molecule has 0 aliphatic rings. The van der Waals surface area contributed by atoms with Crippen molar-refractivity contribution in [3.05, 3.63) is 29.8 Å². The Balaban J connectivity index is 2.57. The highest BCUT2D eigenvalue weighted by atomic mass is 16.5. The minimum Gasteiger partial charge on any atom is -0.497 e. The number of hydrogen-bond donors (Lipinski definition) is 1. The second-order valence-corrected chi connectivity index (χ2v) is 4.93. The van der Waals surface area contributed by atoms with Crippen LogP contribution in [-0.4, -0.2) is 38.7 Å². The molecule has 126 valence electrons. The van der Waals surface area contributed by atoms with Crippen molar-refractivity contribution in [2.24, 2.45) is 0 Å². The van der Waals surface area contributed by atoms with Crippen molar-refractivity contribution in [3.63, 3.8) is 0 Å². The van der Waals surface area contributed by atoms with E-state index in [0.29, 0.717) is 17.1 Å². The average Bonchev–Trinajstić information content (AvgIpc) is 2.57. The summed E-state index contributed by atoms with van der Waals surface area (Å²) < 4.78 is 15.2. The van der Waals surface area contributed by atoms with Gasteiger partial charge < -0.3 is 19.5 Å². The fraction of sp³-hybridized carbons (Fsp3) is 0.412. The van der Waals surface area contributed by atoms with Gasteiger partial charge in [-0.15, -0.1) is 0 Å². The molecular weight excluding hydrogens is 298 g/mol. The molecular formula is C17H23NO5. The van der Waals surface area contributed by atoms with Crippen molar-refractivity contribution >= 4 is 18.0 Å². The Morgan fingerprint density at radius 2 is 2.00 bits per heavy atom. The zero-order valence-corrected chi connectivity index (χ0v) is 13.9. The van der Waals surface area contributed by atoms with Crippen LogP contribution in [0.2, 0.25) is 0 Å². The lowest BCUT2D eigenvalue weighted by atomic mass is 10.2. The van der Waals surface area contributed by atoms with E-state index in [1.54, 1.807) is 31.4 Å². The summed E-state index contributed by atoms with van der Waals surface area (Å²) in [5.74, 6) is 0.316. The predicted molar refractivity (Wildman–Crippen MR) is 87.4 cm³/mol. The second-order valence-electron chi connectivity index (χ2n) is 4.93. The van der Waals surface area contributed by atoms with Gasteiger partial charge in [-0.05, 0) is 31.6 Å². The first-order valence-electron chi connectivity index (χ1n) is 7.36. The van der Waals surface area contributed by atoms with Gasteiger partial charge in [0.1, 0.15) is 11.5 Å². The minimum absolute atomic E-state index is 0.0558. The van der Waals surface area contributed by atoms with Crippen LogP contribution in [0.25, 0.3) is 6.08 Å². The Labute approximate surface area is 136 Å². The first kappa shape index (κ1) is 18.5. The van der Waals surface area contributed by atoms with E-state index in [1.165, 1.54) is 13.2 Å². The maximum absolute atomic E-state index is 11.6. The van der Waals surface area contributed by atoms with Gasteiger partial charge in [0.05, 0.1) is 14.2 Å². The second kappa shape index (κ2) is 9.50. The van der Waals surface area contributed by atoms with Crippen molar-refractivity contribution in [2.45, 2.75) is 26.3 Å². The maximum atomic E-state index is 11.6. The molecule has 0 fully saturated rings. The van der Waals surface area contributed by atoms with E-state index in [1.807, 2.05) is 13.8 Å². The van der Waals surface area contributed by atoms with Gasteiger partial charge in [0.25, 0.3) is 5.91 Å². The first-order valence-corrected chi connectivity index (χ1v) is 7.36. The van der Waals surface area contributed by atoms with Crippen molar-refractivity contribution in [1.29, 1.82) is 0 Å². The summed E-state index contributed by atoms with van der Waals surface area (Å²) in [6.45, 7) is 3.55. The van der Waals surface area contributed by atoms with Crippen LogP contribution in [0.3, 0.4) is 0 Å². The summed E-state index contributed by atoms with van der Waals surface area (Å²) >= 11 is 0. The third kappa shape index (κ3) is 6.42. The van der Waals surface area contributed by atoms with Gasteiger partial charge in [-0.25, -0.2) is 4.79 Å². The SMILES string of the molecule is CCC(C)NC(=O)COC(=O)/C=C/c1ccc(OC)cc1OC. The molecule has 6 nitrogen and oxygen atoms in total. The van der Waals surface area contributed by atoms with E-state index in [2.05, 4.69) is 5.32 Å². The number of hydrogen-bond acceptors (Lipinski definition) is 5. The van der Waals surface area contributed by atoms with Gasteiger partial charge in [-0.3, -0.25) is 4.79 Å². The molecule has 6 heteroatoms. The average molecular weight is 321 g/mol. The molecule has 0 aromatic heterocycles. The highest BCUT2D eigenvalue weighted by Crippen LogP contribution is 2.25. The molecule has 1 aromatic carbocycles. The minimum atomic E-state index is -0.595. The van der Waals surface area contributed by atoms with Crippen LogP contribution >= 0.6 is 0 Å². The molecule has 0 saturated carbocycles. The lowest BCUT2D eigenvalue weighted by molar-refractivity contribution is -0.144. The van der Waals surface area contributed by atoms with Crippen molar-refractivity contribution in [2.75, 3.05) is 20.8 Å². The first-order chi connectivity index (χ1) is 11.0. The molecule has 0 saturated heterocycles. The normalized spacial score (nSPS) is 11.8. The third-order valence-electron chi connectivity index (χ3n) is 3.20. The van der Waals surface area contributed by atoms with Crippen LogP contribution in [-0.2, 0) is 14.3 Å². The molecule has 0 aliphatic carbocycles. The van der Waals surface area contributed by atoms with Crippen LogP contribution in [0.5, 0.6) is 11.5 Å². The zero-order chi connectivity index (χ0) is 17.2. The van der Waals surface area contributed by atoms with Crippen molar-refractivity contribution in [1.82, 2.24) is 5.32 Å². The lowest BCUT2D eigenvalue weighted by Crippen LogP contribution is -2.35. The van der Waals surface area contributed by atoms with E-state index in [0.717, 1.165) is 6.42 Å². The Kier molecular flexibility index (Phi) is 7.66. The molecule has 1 atom stereocenters. The zero-order valence-electron chi connectivity index (χ0n) is 13.9. The molecule has 1 aromatic rings. The highest BCUT2D eigenvalue weighted by Gasteiger charge is 2.08. The molecule has 1 amide bonds. The van der Waals surface area contributed by atoms with Crippen LogP contribution in [0, 0.1) is 0 Å². The molecule has 1 N–H and O–H groups in total. The van der Waals surface area contributed by atoms with Crippen LogP contribution in [0.4, 0.5) is 0 Å². The summed E-state index contributed by atoms with van der Waals surface area (Å²) in [4.78, 5) is 23.2. The van der Waals surface area contributed by atoms with E-state index < -0.39 is 5.97 Å². The highest BCUT2D eigenvalue weighted by molar-refractivity contribution is 5.89. The van der Waals surface area contributed by atoms with Gasteiger partial charge in [0.15, 0.2) is 6.61 Å². The van der Waals surface area contributed by atoms with Gasteiger partial charge in [0, 0.05) is 23.7 Å². The fourth-order valence-corrected chi connectivity index (χ4v) is 1.72. The summed E-state index contributed by atoms with van der Waals surface area (Å²) in [5.41, 5.74) is 0.703. The molecule has 1 rings (SSSR count).